The molecule has 118 valence electrons. The first-order valence-electron chi connectivity index (χ1n) is 6.84. The van der Waals surface area contributed by atoms with Gasteiger partial charge in [-0.05, 0) is 24.1 Å². The molecule has 0 saturated carbocycles. The number of aromatic nitrogens is 2. The number of imidazole rings is 1. The van der Waals surface area contributed by atoms with Crippen LogP contribution in [-0.2, 0) is 17.9 Å². The lowest BCUT2D eigenvalue weighted by atomic mass is 10.2. The summed E-state index contributed by atoms with van der Waals surface area (Å²) in [7, 11) is 0. The Balaban J connectivity index is 2.24. The lowest BCUT2D eigenvalue weighted by molar-refractivity contribution is -0.136. The monoisotopic (exact) mass is 324 g/mol. The maximum Gasteiger partial charge on any atom is 0.317 e. The standard InChI is InChI=1S/C15H17FN2O3S/c1-2-13(14(20)21)22-15-17-12(9-19)8-18(15)7-10-3-5-11(16)6-4-10/h3-6,8,13,19H,2,7,9H2,1H3,(H,20,21). The SMILES string of the molecule is CCC(Sc1nc(CO)cn1Cc1ccc(F)cc1)C(=O)O. The first kappa shape index (κ1) is 16.5. The van der Waals surface area contributed by atoms with Gasteiger partial charge in [0.15, 0.2) is 5.16 Å². The average Bonchev–Trinajstić information content (AvgIpc) is 2.88. The van der Waals surface area contributed by atoms with Gasteiger partial charge in [-0.15, -0.1) is 0 Å². The van der Waals surface area contributed by atoms with Gasteiger partial charge < -0.3 is 14.8 Å². The van der Waals surface area contributed by atoms with Crippen LogP contribution in [0.25, 0.3) is 0 Å². The van der Waals surface area contributed by atoms with Gasteiger partial charge in [0, 0.05) is 12.7 Å². The van der Waals surface area contributed by atoms with E-state index in [1.165, 1.54) is 12.1 Å². The molecule has 1 aromatic carbocycles. The van der Waals surface area contributed by atoms with E-state index in [-0.39, 0.29) is 12.4 Å². The molecule has 2 N–H and O–H groups in total. The number of carboxylic acids is 1. The van der Waals surface area contributed by atoms with E-state index in [1.807, 2.05) is 0 Å². The van der Waals surface area contributed by atoms with Crippen LogP contribution in [0.3, 0.4) is 0 Å². The van der Waals surface area contributed by atoms with Crippen LogP contribution in [0.15, 0.2) is 35.6 Å². The van der Waals surface area contributed by atoms with Crippen molar-refractivity contribution in [3.05, 3.63) is 47.5 Å². The van der Waals surface area contributed by atoms with Gasteiger partial charge in [0.25, 0.3) is 0 Å². The third kappa shape index (κ3) is 4.08. The Hall–Kier alpha value is -1.86. The molecule has 1 heterocycles. The molecule has 22 heavy (non-hydrogen) atoms. The summed E-state index contributed by atoms with van der Waals surface area (Å²) in [5.74, 6) is -1.20. The summed E-state index contributed by atoms with van der Waals surface area (Å²) < 4.78 is 14.7. The van der Waals surface area contributed by atoms with Gasteiger partial charge in [0.1, 0.15) is 11.1 Å². The van der Waals surface area contributed by atoms with Crippen molar-refractivity contribution in [3.8, 4) is 0 Å². The first-order valence-corrected chi connectivity index (χ1v) is 7.72. The number of aliphatic hydroxyl groups excluding tert-OH is 1. The highest BCUT2D eigenvalue weighted by Gasteiger charge is 2.20. The Kier molecular flexibility index (Phi) is 5.57. The summed E-state index contributed by atoms with van der Waals surface area (Å²) >= 11 is 1.15. The normalized spacial score (nSPS) is 12.3. The molecule has 0 spiro atoms. The average molecular weight is 324 g/mol. The fraction of sp³-hybridized carbons (Fsp3) is 0.333. The fourth-order valence-electron chi connectivity index (χ4n) is 1.96. The second kappa shape index (κ2) is 7.42. The van der Waals surface area contributed by atoms with Crippen molar-refractivity contribution in [3.63, 3.8) is 0 Å². The Morgan fingerprint density at radius 3 is 2.64 bits per heavy atom. The van der Waals surface area contributed by atoms with E-state index in [1.54, 1.807) is 29.8 Å². The summed E-state index contributed by atoms with van der Waals surface area (Å²) in [5, 5.41) is 18.3. The van der Waals surface area contributed by atoms with Crippen molar-refractivity contribution < 1.29 is 19.4 Å². The third-order valence-electron chi connectivity index (χ3n) is 3.11. The maximum atomic E-state index is 12.9. The fourth-order valence-corrected chi connectivity index (χ4v) is 2.90. The van der Waals surface area contributed by atoms with Gasteiger partial charge >= 0.3 is 5.97 Å². The molecule has 1 unspecified atom stereocenters. The smallest absolute Gasteiger partial charge is 0.317 e. The number of nitrogens with zero attached hydrogens (tertiary/aromatic N) is 2. The number of carbonyl (C=O) groups is 1. The molecule has 7 heteroatoms. The molecule has 2 rings (SSSR count). The summed E-state index contributed by atoms with van der Waals surface area (Å²) in [6.07, 6.45) is 2.15. The molecule has 0 radical (unpaired) electrons. The van der Waals surface area contributed by atoms with Crippen molar-refractivity contribution in [2.45, 2.75) is 36.9 Å². The largest absolute Gasteiger partial charge is 0.480 e. The first-order chi connectivity index (χ1) is 10.5. The number of carboxylic acid groups (broad SMARTS) is 1. The van der Waals surface area contributed by atoms with Crippen LogP contribution >= 0.6 is 11.8 Å². The number of benzene rings is 1. The zero-order valence-corrected chi connectivity index (χ0v) is 12.9. The third-order valence-corrected chi connectivity index (χ3v) is 4.47. The van der Waals surface area contributed by atoms with Crippen molar-refractivity contribution in [2.24, 2.45) is 0 Å². The quantitative estimate of drug-likeness (QED) is 0.766. The Morgan fingerprint density at radius 1 is 1.41 bits per heavy atom. The van der Waals surface area contributed by atoms with Crippen LogP contribution in [0.1, 0.15) is 24.6 Å². The van der Waals surface area contributed by atoms with Gasteiger partial charge in [-0.3, -0.25) is 4.79 Å². The summed E-state index contributed by atoms with van der Waals surface area (Å²) in [4.78, 5) is 15.4. The van der Waals surface area contributed by atoms with E-state index >= 15 is 0 Å². The van der Waals surface area contributed by atoms with E-state index in [9.17, 15) is 14.3 Å². The molecule has 2 aromatic rings. The van der Waals surface area contributed by atoms with E-state index < -0.39 is 11.2 Å². The van der Waals surface area contributed by atoms with Gasteiger partial charge in [-0.25, -0.2) is 9.37 Å². The molecular formula is C15H17FN2O3S. The van der Waals surface area contributed by atoms with E-state index in [4.69, 9.17) is 5.11 Å². The number of aliphatic carboxylic acids is 1. The van der Waals surface area contributed by atoms with Gasteiger partial charge in [-0.2, -0.15) is 0 Å². The number of hydrogen-bond acceptors (Lipinski definition) is 4. The number of aliphatic hydroxyl groups is 1. The highest BCUT2D eigenvalue weighted by molar-refractivity contribution is 8.00. The van der Waals surface area contributed by atoms with Crippen LogP contribution in [-0.4, -0.2) is 31.0 Å². The van der Waals surface area contributed by atoms with Crippen LogP contribution in [0, 0.1) is 5.82 Å². The molecule has 0 saturated heterocycles. The molecule has 0 bridgehead atoms. The van der Waals surface area contributed by atoms with E-state index in [0.29, 0.717) is 23.8 Å². The predicted molar refractivity (Wildman–Crippen MR) is 81.2 cm³/mol. The highest BCUT2D eigenvalue weighted by atomic mass is 32.2. The zero-order chi connectivity index (χ0) is 16.1. The number of thioether (sulfide) groups is 1. The Bertz CT molecular complexity index is 643. The maximum absolute atomic E-state index is 12.9. The van der Waals surface area contributed by atoms with Crippen LogP contribution in [0.4, 0.5) is 4.39 Å². The van der Waals surface area contributed by atoms with Crippen LogP contribution in [0.2, 0.25) is 0 Å². The molecule has 0 fully saturated rings. The summed E-state index contributed by atoms with van der Waals surface area (Å²) in [5.41, 5.74) is 1.35. The minimum absolute atomic E-state index is 0.214. The van der Waals surface area contributed by atoms with Crippen LogP contribution in [0.5, 0.6) is 0 Å². The van der Waals surface area contributed by atoms with Crippen molar-refractivity contribution >= 4 is 17.7 Å². The molecule has 0 aliphatic heterocycles. The van der Waals surface area contributed by atoms with Gasteiger partial charge in [0.05, 0.1) is 12.3 Å². The van der Waals surface area contributed by atoms with Crippen LogP contribution < -0.4 is 0 Å². The molecule has 1 atom stereocenters. The topological polar surface area (TPSA) is 75.4 Å². The Labute approximate surface area is 131 Å². The minimum Gasteiger partial charge on any atom is -0.480 e. The number of rotatable bonds is 7. The molecule has 1 aromatic heterocycles. The molecular weight excluding hydrogens is 307 g/mol. The van der Waals surface area contributed by atoms with Gasteiger partial charge in [0.2, 0.25) is 0 Å². The Morgan fingerprint density at radius 2 is 2.09 bits per heavy atom. The minimum atomic E-state index is -0.894. The van der Waals surface area contributed by atoms with Crippen molar-refractivity contribution in [2.75, 3.05) is 0 Å². The van der Waals surface area contributed by atoms with E-state index in [0.717, 1.165) is 17.3 Å². The molecule has 0 aliphatic rings. The summed E-state index contributed by atoms with van der Waals surface area (Å²) in [6, 6.07) is 6.07. The number of hydrogen-bond donors (Lipinski definition) is 2. The number of halogens is 1. The lowest BCUT2D eigenvalue weighted by Gasteiger charge is -2.11. The zero-order valence-electron chi connectivity index (χ0n) is 12.1. The molecule has 0 aliphatic carbocycles. The second-order valence-corrected chi connectivity index (χ2v) is 5.95. The summed E-state index contributed by atoms with van der Waals surface area (Å²) in [6.45, 7) is 2.02. The molecule has 0 amide bonds. The van der Waals surface area contributed by atoms with E-state index in [2.05, 4.69) is 4.98 Å². The van der Waals surface area contributed by atoms with Gasteiger partial charge in [-0.1, -0.05) is 30.8 Å². The predicted octanol–water partition coefficient (Wildman–Crippen LogP) is 2.52. The van der Waals surface area contributed by atoms with Crippen molar-refractivity contribution in [1.29, 1.82) is 0 Å². The second-order valence-electron chi connectivity index (χ2n) is 4.78. The lowest BCUT2D eigenvalue weighted by Crippen LogP contribution is -2.16. The van der Waals surface area contributed by atoms with Crippen molar-refractivity contribution in [1.82, 2.24) is 9.55 Å². The molecule has 5 nitrogen and oxygen atoms in total. The highest BCUT2D eigenvalue weighted by Crippen LogP contribution is 2.26.